The Morgan fingerprint density at radius 3 is 2.58 bits per heavy atom. The summed E-state index contributed by atoms with van der Waals surface area (Å²) in [6.07, 6.45) is 4.71. The van der Waals surface area contributed by atoms with Gasteiger partial charge in [0, 0.05) is 19.0 Å². The summed E-state index contributed by atoms with van der Waals surface area (Å²) in [5.74, 6) is -0.662. The SMILES string of the molecule is C[C@@H]1CCCC[C@H]1NC(=O)COC(=O)CCCN1C(=O)NC(C)(C)C1=O. The third-order valence-corrected chi connectivity index (χ3v) is 5.03. The zero-order chi connectivity index (χ0) is 19.3. The molecule has 4 amide bonds. The van der Waals surface area contributed by atoms with Gasteiger partial charge in [0.2, 0.25) is 0 Å². The van der Waals surface area contributed by atoms with Crippen molar-refractivity contribution in [1.82, 2.24) is 15.5 Å². The number of rotatable bonds is 7. The first-order valence-electron chi connectivity index (χ1n) is 9.30. The molecule has 2 aliphatic rings. The van der Waals surface area contributed by atoms with E-state index in [1.54, 1.807) is 13.8 Å². The Kier molecular flexibility index (Phi) is 6.61. The van der Waals surface area contributed by atoms with Crippen molar-refractivity contribution in [2.24, 2.45) is 5.92 Å². The summed E-state index contributed by atoms with van der Waals surface area (Å²) >= 11 is 0. The Bertz CT molecular complexity index is 575. The fraction of sp³-hybridized carbons (Fsp3) is 0.778. The Hall–Kier alpha value is -2.12. The molecule has 146 valence electrons. The molecule has 2 atom stereocenters. The van der Waals surface area contributed by atoms with Crippen molar-refractivity contribution in [2.75, 3.05) is 13.2 Å². The molecule has 1 saturated carbocycles. The number of esters is 1. The van der Waals surface area contributed by atoms with Crippen molar-refractivity contribution in [3.05, 3.63) is 0 Å². The van der Waals surface area contributed by atoms with Gasteiger partial charge >= 0.3 is 12.0 Å². The van der Waals surface area contributed by atoms with E-state index in [1.165, 1.54) is 6.42 Å². The molecule has 1 heterocycles. The summed E-state index contributed by atoms with van der Waals surface area (Å²) in [4.78, 5) is 48.5. The van der Waals surface area contributed by atoms with E-state index in [4.69, 9.17) is 4.74 Å². The quantitative estimate of drug-likeness (QED) is 0.522. The second kappa shape index (κ2) is 8.51. The maximum absolute atomic E-state index is 12.0. The molecule has 26 heavy (non-hydrogen) atoms. The molecule has 0 aromatic heterocycles. The fourth-order valence-electron chi connectivity index (χ4n) is 3.40. The van der Waals surface area contributed by atoms with Gasteiger partial charge in [0.15, 0.2) is 6.61 Å². The molecule has 8 heteroatoms. The van der Waals surface area contributed by atoms with Crippen molar-refractivity contribution in [3.63, 3.8) is 0 Å². The van der Waals surface area contributed by atoms with Crippen LogP contribution in [0.2, 0.25) is 0 Å². The number of carbonyl (C=O) groups excluding carboxylic acids is 4. The van der Waals surface area contributed by atoms with Crippen LogP contribution in [0.25, 0.3) is 0 Å². The number of urea groups is 1. The molecule has 2 N–H and O–H groups in total. The van der Waals surface area contributed by atoms with E-state index in [1.807, 2.05) is 0 Å². The monoisotopic (exact) mass is 367 g/mol. The van der Waals surface area contributed by atoms with Crippen molar-refractivity contribution >= 4 is 23.8 Å². The van der Waals surface area contributed by atoms with E-state index in [-0.39, 0.29) is 37.4 Å². The summed E-state index contributed by atoms with van der Waals surface area (Å²) in [5, 5.41) is 5.51. The molecular weight excluding hydrogens is 338 g/mol. The standard InChI is InChI=1S/C18H29N3O5/c1-12-7-4-5-8-13(12)19-14(22)11-26-15(23)9-6-10-21-16(24)18(2,3)20-17(21)25/h12-13H,4-11H2,1-3H3,(H,19,22)(H,20,25)/t12-,13-/m1/s1. The van der Waals surface area contributed by atoms with E-state index in [0.717, 1.165) is 24.2 Å². The van der Waals surface area contributed by atoms with Gasteiger partial charge in [0.1, 0.15) is 5.54 Å². The lowest BCUT2D eigenvalue weighted by atomic mass is 9.86. The number of ether oxygens (including phenoxy) is 1. The van der Waals surface area contributed by atoms with Crippen LogP contribution in [0.1, 0.15) is 59.3 Å². The highest BCUT2D eigenvalue weighted by Gasteiger charge is 2.43. The van der Waals surface area contributed by atoms with Gasteiger partial charge < -0.3 is 15.4 Å². The summed E-state index contributed by atoms with van der Waals surface area (Å²) in [6, 6.07) is -0.299. The fourth-order valence-corrected chi connectivity index (χ4v) is 3.40. The zero-order valence-electron chi connectivity index (χ0n) is 15.8. The molecule has 0 unspecified atom stereocenters. The molecule has 0 aromatic carbocycles. The third-order valence-electron chi connectivity index (χ3n) is 5.03. The second-order valence-corrected chi connectivity index (χ2v) is 7.71. The van der Waals surface area contributed by atoms with Crippen LogP contribution in [0.15, 0.2) is 0 Å². The van der Waals surface area contributed by atoms with Gasteiger partial charge in [-0.25, -0.2) is 4.79 Å². The Morgan fingerprint density at radius 2 is 1.96 bits per heavy atom. The van der Waals surface area contributed by atoms with Crippen LogP contribution in [0.4, 0.5) is 4.79 Å². The summed E-state index contributed by atoms with van der Waals surface area (Å²) < 4.78 is 4.98. The largest absolute Gasteiger partial charge is 0.456 e. The number of amides is 4. The van der Waals surface area contributed by atoms with Crippen LogP contribution in [0, 0.1) is 5.92 Å². The van der Waals surface area contributed by atoms with Gasteiger partial charge in [-0.3, -0.25) is 19.3 Å². The highest BCUT2D eigenvalue weighted by Crippen LogP contribution is 2.23. The maximum Gasteiger partial charge on any atom is 0.325 e. The summed E-state index contributed by atoms with van der Waals surface area (Å²) in [6.45, 7) is 5.24. The number of carbonyl (C=O) groups is 4. The molecule has 0 aromatic rings. The average Bonchev–Trinajstić information content (AvgIpc) is 2.76. The van der Waals surface area contributed by atoms with Crippen molar-refractivity contribution in [3.8, 4) is 0 Å². The summed E-state index contributed by atoms with van der Waals surface area (Å²) in [7, 11) is 0. The molecule has 2 rings (SSSR count). The van der Waals surface area contributed by atoms with Gasteiger partial charge in [-0.05, 0) is 39.0 Å². The minimum absolute atomic E-state index is 0.0462. The van der Waals surface area contributed by atoms with Crippen LogP contribution >= 0.6 is 0 Å². The minimum atomic E-state index is -0.911. The molecule has 1 saturated heterocycles. The highest BCUT2D eigenvalue weighted by molar-refractivity contribution is 6.06. The predicted octanol–water partition coefficient (Wildman–Crippen LogP) is 1.34. The van der Waals surface area contributed by atoms with Crippen molar-refractivity contribution < 1.29 is 23.9 Å². The molecular formula is C18H29N3O5. The number of hydrogen-bond donors (Lipinski definition) is 2. The lowest BCUT2D eigenvalue weighted by molar-refractivity contribution is -0.149. The smallest absolute Gasteiger partial charge is 0.325 e. The zero-order valence-corrected chi connectivity index (χ0v) is 15.8. The Labute approximate surface area is 154 Å². The first kappa shape index (κ1) is 20.2. The van der Waals surface area contributed by atoms with E-state index in [2.05, 4.69) is 17.6 Å². The first-order valence-corrected chi connectivity index (χ1v) is 9.30. The molecule has 0 bridgehead atoms. The van der Waals surface area contributed by atoms with Crippen LogP contribution < -0.4 is 10.6 Å². The number of hydrogen-bond acceptors (Lipinski definition) is 5. The number of imide groups is 1. The molecule has 8 nitrogen and oxygen atoms in total. The number of nitrogens with one attached hydrogen (secondary N) is 2. The molecule has 0 spiro atoms. The van der Waals surface area contributed by atoms with Gasteiger partial charge in [0.25, 0.3) is 11.8 Å². The normalized spacial score (nSPS) is 25.0. The first-order chi connectivity index (χ1) is 12.2. The van der Waals surface area contributed by atoms with Crippen LogP contribution in [0.3, 0.4) is 0 Å². The topological polar surface area (TPSA) is 105 Å². The molecule has 1 aliphatic heterocycles. The molecule has 2 fully saturated rings. The maximum atomic E-state index is 12.0. The summed E-state index contributed by atoms with van der Waals surface area (Å²) in [5.41, 5.74) is -0.911. The highest BCUT2D eigenvalue weighted by atomic mass is 16.5. The minimum Gasteiger partial charge on any atom is -0.456 e. The predicted molar refractivity (Wildman–Crippen MR) is 94.1 cm³/mol. The third kappa shape index (κ3) is 5.19. The Morgan fingerprint density at radius 1 is 1.27 bits per heavy atom. The van der Waals surface area contributed by atoms with Crippen LogP contribution in [-0.2, 0) is 19.1 Å². The van der Waals surface area contributed by atoms with Crippen molar-refractivity contribution in [1.29, 1.82) is 0 Å². The van der Waals surface area contributed by atoms with Crippen molar-refractivity contribution in [2.45, 2.75) is 70.9 Å². The average molecular weight is 367 g/mol. The van der Waals surface area contributed by atoms with Crippen LogP contribution in [-0.4, -0.2) is 53.4 Å². The Balaban J connectivity index is 1.64. The van der Waals surface area contributed by atoms with Gasteiger partial charge in [0.05, 0.1) is 0 Å². The molecule has 1 aliphatic carbocycles. The van der Waals surface area contributed by atoms with E-state index in [0.29, 0.717) is 12.3 Å². The number of nitrogens with zero attached hydrogens (tertiary/aromatic N) is 1. The van der Waals surface area contributed by atoms with Gasteiger partial charge in [-0.1, -0.05) is 19.8 Å². The van der Waals surface area contributed by atoms with E-state index in [9.17, 15) is 19.2 Å². The lowest BCUT2D eigenvalue weighted by Crippen LogP contribution is -2.42. The van der Waals surface area contributed by atoms with E-state index >= 15 is 0 Å². The van der Waals surface area contributed by atoms with Crippen LogP contribution in [0.5, 0.6) is 0 Å². The van der Waals surface area contributed by atoms with Gasteiger partial charge in [-0.2, -0.15) is 0 Å². The second-order valence-electron chi connectivity index (χ2n) is 7.71. The van der Waals surface area contributed by atoms with Gasteiger partial charge in [-0.15, -0.1) is 0 Å². The molecule has 0 radical (unpaired) electrons. The lowest BCUT2D eigenvalue weighted by Gasteiger charge is -2.29. The van der Waals surface area contributed by atoms with E-state index < -0.39 is 17.5 Å².